The Bertz CT molecular complexity index is 6.85. The van der Waals surface area contributed by atoms with Crippen molar-refractivity contribution in [3.8, 4) is 0 Å². The van der Waals surface area contributed by atoms with Gasteiger partial charge in [0.2, 0.25) is 0 Å². The molecule has 0 aromatic carbocycles. The van der Waals surface area contributed by atoms with Crippen LogP contribution in [0.1, 0.15) is 13.8 Å². The van der Waals surface area contributed by atoms with Gasteiger partial charge in [-0.05, 0) is 0 Å². The van der Waals surface area contributed by atoms with Crippen molar-refractivity contribution < 1.29 is 18.9 Å². The van der Waals surface area contributed by atoms with Crippen LogP contribution in [-0.4, -0.2) is 23.1 Å². The number of hydrogen-bond acceptors (Lipinski definition) is 0. The van der Waals surface area contributed by atoms with E-state index < -0.39 is 0 Å². The minimum absolute atomic E-state index is 0. The Morgan fingerprint density at radius 1 is 1.20 bits per heavy atom. The molecule has 0 bridgehead atoms. The zero-order valence-corrected chi connectivity index (χ0v) is 5.70. The Morgan fingerprint density at radius 2 is 1.20 bits per heavy atom. The van der Waals surface area contributed by atoms with Crippen molar-refractivity contribution in [3.63, 3.8) is 0 Å². The fraction of sp³-hybridized carbons (Fsp3) is 0.667. The Morgan fingerprint density at radius 3 is 1.20 bits per heavy atom. The molecule has 0 heterocycles. The van der Waals surface area contributed by atoms with Crippen molar-refractivity contribution in [3.05, 3.63) is 6.42 Å². The first-order chi connectivity index (χ1) is 1.41. The molecule has 0 aromatic heterocycles. The maximum absolute atomic E-state index is 2.00. The quantitative estimate of drug-likeness (QED) is 0.227. The smallest absolute Gasteiger partial charge is 0.335 e. The predicted molar refractivity (Wildman–Crippen MR) is 21.4 cm³/mol. The van der Waals surface area contributed by atoms with Crippen molar-refractivity contribution in [2.24, 2.45) is 0 Å². The fourth-order valence-electron chi connectivity index (χ4n) is 0. The summed E-state index contributed by atoms with van der Waals surface area (Å²) in [5.41, 5.74) is 0. The van der Waals surface area contributed by atoms with Gasteiger partial charge in [0.1, 0.15) is 0 Å². The van der Waals surface area contributed by atoms with E-state index in [2.05, 4.69) is 0 Å². The number of hydrogen-bond donors (Lipinski definition) is 0. The molecule has 0 rings (SSSR count). The van der Waals surface area contributed by atoms with Crippen molar-refractivity contribution in [1.82, 2.24) is 0 Å². The first-order valence-electron chi connectivity index (χ1n) is 1.15. The molecule has 0 unspecified atom stereocenters. The summed E-state index contributed by atoms with van der Waals surface area (Å²) in [7, 11) is 0. The van der Waals surface area contributed by atoms with Crippen LogP contribution in [0.25, 0.3) is 0 Å². The van der Waals surface area contributed by atoms with E-state index in [0.717, 1.165) is 0 Å². The van der Waals surface area contributed by atoms with Crippen LogP contribution in [0.3, 0.4) is 0 Å². The van der Waals surface area contributed by atoms with E-state index in [9.17, 15) is 0 Å². The topological polar surface area (TPSA) is 0 Å². The zero-order valence-electron chi connectivity index (χ0n) is 4.28. The Balaban J connectivity index is -0.0000000200. The molecule has 0 atom stereocenters. The van der Waals surface area contributed by atoms with Gasteiger partial charge in [0, 0.05) is 23.1 Å². The second-order valence-electron chi connectivity index (χ2n) is 0.577. The summed E-state index contributed by atoms with van der Waals surface area (Å²) in [5, 5.41) is 0. The Kier molecular flexibility index (Phi) is 59.2. The van der Waals surface area contributed by atoms with Crippen LogP contribution in [0.15, 0.2) is 0 Å². The molecule has 0 aliphatic heterocycles. The van der Waals surface area contributed by atoms with Gasteiger partial charge in [-0.1, -0.05) is 0 Å². The molecule has 22 valence electrons. The summed E-state index contributed by atoms with van der Waals surface area (Å²) >= 11 is 0. The van der Waals surface area contributed by atoms with E-state index in [0.29, 0.717) is 0 Å². The fourth-order valence-corrected chi connectivity index (χ4v) is 0. The van der Waals surface area contributed by atoms with Gasteiger partial charge in [-0.15, -0.1) is 0 Å². The third-order valence-electron chi connectivity index (χ3n) is 0. The van der Waals surface area contributed by atoms with Gasteiger partial charge >= 0.3 is 18.9 Å². The molecule has 2 radical (unpaired) electrons. The van der Waals surface area contributed by atoms with Gasteiger partial charge in [0.25, 0.3) is 0 Å². The monoisotopic (exact) mass is 74.1 g/mol. The predicted octanol–water partition coefficient (Wildman–Crippen LogP) is -2.15. The summed E-state index contributed by atoms with van der Waals surface area (Å²) in [6.07, 6.45) is 2.00. The average molecular weight is 74.3 g/mol. The van der Waals surface area contributed by atoms with Gasteiger partial charge < -0.3 is 6.42 Å². The van der Waals surface area contributed by atoms with E-state index in [-0.39, 0.29) is 41.9 Å². The zero-order chi connectivity index (χ0) is 2.71. The molecule has 0 N–H and O–H groups in total. The molecule has 0 fully saturated rings. The largest absolute Gasteiger partial charge is 1.00 e. The summed E-state index contributed by atoms with van der Waals surface area (Å²) in [4.78, 5) is 0. The molecule has 0 spiro atoms. The minimum atomic E-state index is 0. The maximum Gasteiger partial charge on any atom is 1.00 e. The van der Waals surface area contributed by atoms with Gasteiger partial charge in [-0.3, -0.25) is 0 Å². The van der Waals surface area contributed by atoms with Crippen LogP contribution in [0.4, 0.5) is 0 Å². The van der Waals surface area contributed by atoms with E-state index in [1.165, 1.54) is 0 Å². The van der Waals surface area contributed by atoms with E-state index in [4.69, 9.17) is 0 Å². The second-order valence-corrected chi connectivity index (χ2v) is 0.577. The van der Waals surface area contributed by atoms with Crippen LogP contribution >= 0.6 is 0 Å². The van der Waals surface area contributed by atoms with Crippen LogP contribution in [0.5, 0.6) is 0 Å². The summed E-state index contributed by atoms with van der Waals surface area (Å²) in [6.45, 7) is 4.00. The van der Waals surface area contributed by atoms with Gasteiger partial charge in [-0.25, -0.2) is 0 Å². The molecule has 0 aromatic rings. The average Bonchev–Trinajstić information content (AvgIpc) is 0.918. The van der Waals surface area contributed by atoms with Gasteiger partial charge in [0.05, 0.1) is 0 Å². The Labute approximate surface area is 62.0 Å². The molecule has 2 heteroatoms. The van der Waals surface area contributed by atoms with Crippen LogP contribution in [0, 0.1) is 6.42 Å². The summed E-state index contributed by atoms with van der Waals surface area (Å²) < 4.78 is 0. The van der Waals surface area contributed by atoms with Crippen molar-refractivity contribution in [1.29, 1.82) is 0 Å². The molecule has 5 heavy (non-hydrogen) atoms. The van der Waals surface area contributed by atoms with Crippen molar-refractivity contribution in [2.75, 3.05) is 0 Å². The van der Waals surface area contributed by atoms with E-state index in [1.54, 1.807) is 0 Å². The standard InChI is InChI=1S/C3H7.Li.Mg/c1-3-2;;/h3H,1-2H3;;/q-1;+1;. The first-order valence-corrected chi connectivity index (χ1v) is 1.15. The molecular weight excluding hydrogens is 67.3 g/mol. The molecular formula is C3H7LiMg. The third kappa shape index (κ3) is 32.6. The van der Waals surface area contributed by atoms with E-state index in [1.807, 2.05) is 20.3 Å². The molecule has 0 aliphatic carbocycles. The first kappa shape index (κ1) is 16.2. The van der Waals surface area contributed by atoms with Gasteiger partial charge in [0.15, 0.2) is 0 Å². The van der Waals surface area contributed by atoms with Gasteiger partial charge in [-0.2, -0.15) is 13.8 Å². The minimum Gasteiger partial charge on any atom is -0.335 e. The second kappa shape index (κ2) is 18.3. The molecule has 0 saturated carbocycles. The van der Waals surface area contributed by atoms with Crippen LogP contribution in [-0.2, 0) is 0 Å². The normalized spacial score (nSPS) is 3.60. The molecule has 0 nitrogen and oxygen atoms in total. The Hall–Kier alpha value is 1.36. The van der Waals surface area contributed by atoms with Crippen molar-refractivity contribution in [2.45, 2.75) is 13.8 Å². The van der Waals surface area contributed by atoms with Crippen LogP contribution < -0.4 is 18.9 Å². The summed E-state index contributed by atoms with van der Waals surface area (Å²) in [5.74, 6) is 0. The molecule has 0 aliphatic rings. The third-order valence-corrected chi connectivity index (χ3v) is 0. The maximum atomic E-state index is 2.00. The van der Waals surface area contributed by atoms with Crippen LogP contribution in [0.2, 0.25) is 0 Å². The molecule has 0 saturated heterocycles. The van der Waals surface area contributed by atoms with Crippen molar-refractivity contribution >= 4 is 23.1 Å². The number of rotatable bonds is 0. The SMILES string of the molecule is C[CH-]C.[Li+].[Mg]. The molecule has 0 amide bonds. The van der Waals surface area contributed by atoms with E-state index >= 15 is 0 Å². The summed E-state index contributed by atoms with van der Waals surface area (Å²) in [6, 6.07) is 0.